The van der Waals surface area contributed by atoms with E-state index in [9.17, 15) is 0 Å². The summed E-state index contributed by atoms with van der Waals surface area (Å²) in [6.45, 7) is 18.4. The Bertz CT molecular complexity index is 1010. The Kier molecular flexibility index (Phi) is 12.5. The molecule has 0 unspecified atom stereocenters. The van der Waals surface area contributed by atoms with E-state index in [0.717, 1.165) is 36.0 Å². The second kappa shape index (κ2) is 15.9. The van der Waals surface area contributed by atoms with E-state index in [2.05, 4.69) is 47.2 Å². The van der Waals surface area contributed by atoms with Gasteiger partial charge in [0.15, 0.2) is 13.5 Å². The summed E-state index contributed by atoms with van der Waals surface area (Å²) < 4.78 is 11.5. The van der Waals surface area contributed by atoms with Crippen LogP contribution in [-0.2, 0) is 13.1 Å². The van der Waals surface area contributed by atoms with Gasteiger partial charge in [0.05, 0.1) is 0 Å². The van der Waals surface area contributed by atoms with Gasteiger partial charge in [0.2, 0.25) is 0 Å². The lowest BCUT2D eigenvalue weighted by molar-refractivity contribution is 0.132. The third kappa shape index (κ3) is 8.09. The van der Waals surface area contributed by atoms with Crippen molar-refractivity contribution in [2.24, 2.45) is 0 Å². The lowest BCUT2D eigenvalue weighted by Crippen LogP contribution is -2.30. The van der Waals surface area contributed by atoms with Crippen LogP contribution in [0.2, 0.25) is 0 Å². The van der Waals surface area contributed by atoms with Gasteiger partial charge in [-0.2, -0.15) is 0 Å². The van der Waals surface area contributed by atoms with Gasteiger partial charge < -0.3 is 19.3 Å². The maximum Gasteiger partial charge on any atom is 0.161 e. The van der Waals surface area contributed by atoms with E-state index in [-0.39, 0.29) is 0 Å². The normalized spacial score (nSPS) is 14.9. The van der Waals surface area contributed by atoms with Crippen molar-refractivity contribution in [3.8, 4) is 11.5 Å². The number of nitrogens with zero attached hydrogens (tertiary/aromatic N) is 2. The molecule has 0 aromatic heterocycles. The number of benzene rings is 2. The molecule has 2 aromatic rings. The first-order valence-electron chi connectivity index (χ1n) is 12.5. The highest BCUT2D eigenvalue weighted by molar-refractivity contribution is 5.37. The Hall–Kier alpha value is -3.92. The van der Waals surface area contributed by atoms with Crippen LogP contribution in [0.25, 0.3) is 0 Å². The standard InChI is InChI=1S/2C15H17NO.C2H6/c2*1-3-7-14(8-4-2)16-11-13-9-5-6-10-15(13)17-12-16;1-2/h2*3-10H,1,11-12H2,2H3;1-2H3/b2*8-4-,14-7+;. The molecule has 4 rings (SSSR count). The number of hydrogen-bond acceptors (Lipinski definition) is 4. The summed E-state index contributed by atoms with van der Waals surface area (Å²) in [5, 5.41) is 0. The average Bonchev–Trinajstić information content (AvgIpc) is 2.94. The van der Waals surface area contributed by atoms with E-state index in [1.807, 2.05) is 88.4 Å². The largest absolute Gasteiger partial charge is 0.473 e. The van der Waals surface area contributed by atoms with E-state index in [0.29, 0.717) is 13.5 Å². The van der Waals surface area contributed by atoms with Crippen molar-refractivity contribution in [2.75, 3.05) is 13.5 Å². The van der Waals surface area contributed by atoms with Crippen molar-refractivity contribution in [1.29, 1.82) is 0 Å². The zero-order valence-corrected chi connectivity index (χ0v) is 22.2. The van der Waals surface area contributed by atoms with Crippen LogP contribution in [-0.4, -0.2) is 23.3 Å². The Balaban J connectivity index is 0.000000237. The monoisotopic (exact) mass is 484 g/mol. The fourth-order valence-electron chi connectivity index (χ4n) is 3.80. The van der Waals surface area contributed by atoms with E-state index < -0.39 is 0 Å². The highest BCUT2D eigenvalue weighted by Crippen LogP contribution is 2.27. The van der Waals surface area contributed by atoms with Gasteiger partial charge in [0, 0.05) is 35.6 Å². The molecular weight excluding hydrogens is 444 g/mol. The number of fused-ring (bicyclic) bond motifs is 2. The van der Waals surface area contributed by atoms with Gasteiger partial charge in [-0.15, -0.1) is 0 Å². The molecule has 0 fully saturated rings. The molecule has 0 atom stereocenters. The lowest BCUT2D eigenvalue weighted by atomic mass is 10.1. The van der Waals surface area contributed by atoms with Gasteiger partial charge in [0.1, 0.15) is 11.5 Å². The summed E-state index contributed by atoms with van der Waals surface area (Å²) >= 11 is 0. The first kappa shape index (κ1) is 28.3. The minimum Gasteiger partial charge on any atom is -0.473 e. The minimum atomic E-state index is 0.584. The average molecular weight is 485 g/mol. The summed E-state index contributed by atoms with van der Waals surface area (Å²) in [6.07, 6.45) is 15.8. The molecule has 0 N–H and O–H groups in total. The zero-order chi connectivity index (χ0) is 26.2. The smallest absolute Gasteiger partial charge is 0.161 e. The second-order valence-electron chi connectivity index (χ2n) is 7.81. The van der Waals surface area contributed by atoms with Gasteiger partial charge in [0.25, 0.3) is 0 Å². The van der Waals surface area contributed by atoms with Crippen LogP contribution in [0.4, 0.5) is 0 Å². The molecular formula is C32H40N2O2. The maximum absolute atomic E-state index is 5.73. The maximum atomic E-state index is 5.73. The molecule has 190 valence electrons. The Labute approximate surface area is 217 Å². The summed E-state index contributed by atoms with van der Waals surface area (Å²) in [7, 11) is 0. The van der Waals surface area contributed by atoms with Crippen LogP contribution < -0.4 is 9.47 Å². The zero-order valence-electron chi connectivity index (χ0n) is 22.2. The summed E-state index contributed by atoms with van der Waals surface area (Å²) in [5.74, 6) is 1.98. The second-order valence-corrected chi connectivity index (χ2v) is 7.81. The molecule has 0 aliphatic carbocycles. The van der Waals surface area contributed by atoms with Crippen LogP contribution in [0.1, 0.15) is 38.8 Å². The molecule has 0 radical (unpaired) electrons. The van der Waals surface area contributed by atoms with Crippen LogP contribution in [0.5, 0.6) is 11.5 Å². The number of rotatable bonds is 6. The summed E-state index contributed by atoms with van der Waals surface area (Å²) in [5.41, 5.74) is 4.69. The van der Waals surface area contributed by atoms with Gasteiger partial charge >= 0.3 is 0 Å². The van der Waals surface area contributed by atoms with Gasteiger partial charge in [-0.1, -0.05) is 87.7 Å². The SMILES string of the molecule is C=C/C=C(\C=C/C)N1COc2ccccc2C1.C=C/C=C(\C=C/C)N1COc2ccccc2C1.CC. The number of ether oxygens (including phenoxy) is 2. The van der Waals surface area contributed by atoms with Crippen molar-refractivity contribution in [2.45, 2.75) is 40.8 Å². The lowest BCUT2D eigenvalue weighted by Gasteiger charge is -2.31. The molecule has 0 saturated heterocycles. The highest BCUT2D eigenvalue weighted by atomic mass is 16.5. The quantitative estimate of drug-likeness (QED) is 0.388. The van der Waals surface area contributed by atoms with Crippen molar-refractivity contribution in [3.63, 3.8) is 0 Å². The predicted molar refractivity (Wildman–Crippen MR) is 152 cm³/mol. The minimum absolute atomic E-state index is 0.584. The van der Waals surface area contributed by atoms with Crippen LogP contribution >= 0.6 is 0 Å². The molecule has 0 saturated carbocycles. The van der Waals surface area contributed by atoms with Crippen molar-refractivity contribution < 1.29 is 9.47 Å². The van der Waals surface area contributed by atoms with E-state index in [4.69, 9.17) is 9.47 Å². The van der Waals surface area contributed by atoms with Crippen molar-refractivity contribution in [1.82, 2.24) is 9.80 Å². The number of allylic oxidation sites excluding steroid dienone is 8. The topological polar surface area (TPSA) is 24.9 Å². The van der Waals surface area contributed by atoms with Gasteiger partial charge in [-0.05, 0) is 50.3 Å². The fourth-order valence-corrected chi connectivity index (χ4v) is 3.80. The highest BCUT2D eigenvalue weighted by Gasteiger charge is 2.18. The predicted octanol–water partition coefficient (Wildman–Crippen LogP) is 8.00. The number of para-hydroxylation sites is 2. The molecule has 0 bridgehead atoms. The molecule has 36 heavy (non-hydrogen) atoms. The Morgan fingerprint density at radius 3 is 1.44 bits per heavy atom. The molecule has 4 heteroatoms. The molecule has 2 aromatic carbocycles. The molecule has 2 aliphatic heterocycles. The first-order chi connectivity index (χ1) is 17.7. The third-order valence-electron chi connectivity index (χ3n) is 5.40. The van der Waals surface area contributed by atoms with Crippen molar-refractivity contribution >= 4 is 0 Å². The van der Waals surface area contributed by atoms with E-state index in [1.54, 1.807) is 12.2 Å². The van der Waals surface area contributed by atoms with E-state index >= 15 is 0 Å². The molecule has 0 spiro atoms. The van der Waals surface area contributed by atoms with Crippen LogP contribution in [0, 0.1) is 0 Å². The van der Waals surface area contributed by atoms with Crippen LogP contribution in [0.15, 0.2) is 122 Å². The third-order valence-corrected chi connectivity index (χ3v) is 5.40. The summed E-state index contributed by atoms with van der Waals surface area (Å²) in [6, 6.07) is 16.3. The molecule has 2 heterocycles. The van der Waals surface area contributed by atoms with Crippen molar-refractivity contribution in [3.05, 3.63) is 133 Å². The molecule has 2 aliphatic rings. The first-order valence-corrected chi connectivity index (χ1v) is 12.5. The Morgan fingerprint density at radius 2 is 1.08 bits per heavy atom. The Morgan fingerprint density at radius 1 is 0.694 bits per heavy atom. The van der Waals surface area contributed by atoms with Gasteiger partial charge in [-0.3, -0.25) is 0 Å². The van der Waals surface area contributed by atoms with E-state index in [1.165, 1.54) is 11.1 Å². The van der Waals surface area contributed by atoms with Gasteiger partial charge in [-0.25, -0.2) is 0 Å². The van der Waals surface area contributed by atoms with Crippen LogP contribution in [0.3, 0.4) is 0 Å². The summed E-state index contributed by atoms with van der Waals surface area (Å²) in [4.78, 5) is 4.37. The molecule has 0 amide bonds. The molecule has 4 nitrogen and oxygen atoms in total. The fraction of sp³-hybridized carbons (Fsp3) is 0.250. The number of hydrogen-bond donors (Lipinski definition) is 0.